The summed E-state index contributed by atoms with van der Waals surface area (Å²) in [5.41, 5.74) is 0. The van der Waals surface area contributed by atoms with Crippen molar-refractivity contribution in [2.75, 3.05) is 19.6 Å². The molecule has 0 spiro atoms. The molecule has 0 amide bonds. The molecule has 0 bridgehead atoms. The van der Waals surface area contributed by atoms with E-state index in [9.17, 15) is 0 Å². The van der Waals surface area contributed by atoms with Crippen molar-refractivity contribution in [2.24, 2.45) is 5.92 Å². The van der Waals surface area contributed by atoms with Crippen LogP contribution in [-0.4, -0.2) is 25.7 Å². The van der Waals surface area contributed by atoms with Crippen LogP contribution < -0.4 is 10.6 Å². The van der Waals surface area contributed by atoms with E-state index < -0.39 is 0 Å². The van der Waals surface area contributed by atoms with Crippen molar-refractivity contribution in [1.82, 2.24) is 10.6 Å². The molecule has 1 aliphatic heterocycles. The second-order valence-electron chi connectivity index (χ2n) is 5.22. The summed E-state index contributed by atoms with van der Waals surface area (Å²) in [5, 5.41) is 7.08. The minimum atomic E-state index is 0.799. The van der Waals surface area contributed by atoms with Gasteiger partial charge in [0, 0.05) is 6.04 Å². The fourth-order valence-electron chi connectivity index (χ4n) is 2.21. The Balaban J connectivity index is 1.76. The Labute approximate surface area is 95.2 Å². The summed E-state index contributed by atoms with van der Waals surface area (Å²) in [6.07, 6.45) is 8.17. The smallest absolute Gasteiger partial charge is 0.00796 e. The SMILES string of the molecule is CC(C)CCCCNCCC1CCCN1. The van der Waals surface area contributed by atoms with E-state index in [2.05, 4.69) is 24.5 Å². The van der Waals surface area contributed by atoms with Gasteiger partial charge in [0.05, 0.1) is 0 Å². The van der Waals surface area contributed by atoms with Gasteiger partial charge < -0.3 is 10.6 Å². The molecule has 0 aromatic carbocycles. The van der Waals surface area contributed by atoms with Crippen molar-refractivity contribution in [1.29, 1.82) is 0 Å². The van der Waals surface area contributed by atoms with Crippen LogP contribution >= 0.6 is 0 Å². The summed E-state index contributed by atoms with van der Waals surface area (Å²) in [6, 6.07) is 0.799. The first-order valence-corrected chi connectivity index (χ1v) is 6.73. The van der Waals surface area contributed by atoms with Crippen molar-refractivity contribution < 1.29 is 0 Å². The highest BCUT2D eigenvalue weighted by atomic mass is 14.9. The minimum absolute atomic E-state index is 0.799. The molecule has 0 aromatic rings. The van der Waals surface area contributed by atoms with Crippen molar-refractivity contribution in [2.45, 2.75) is 58.4 Å². The van der Waals surface area contributed by atoms with Gasteiger partial charge in [0.25, 0.3) is 0 Å². The molecular formula is C13H28N2. The predicted octanol–water partition coefficient (Wildman–Crippen LogP) is 2.54. The third-order valence-corrected chi connectivity index (χ3v) is 3.22. The van der Waals surface area contributed by atoms with Crippen molar-refractivity contribution >= 4 is 0 Å². The van der Waals surface area contributed by atoms with E-state index in [-0.39, 0.29) is 0 Å². The number of hydrogen-bond donors (Lipinski definition) is 2. The molecule has 1 aliphatic rings. The van der Waals surface area contributed by atoms with Gasteiger partial charge in [-0.3, -0.25) is 0 Å². The predicted molar refractivity (Wildman–Crippen MR) is 67.2 cm³/mol. The van der Waals surface area contributed by atoms with Crippen molar-refractivity contribution in [3.63, 3.8) is 0 Å². The Morgan fingerprint density at radius 3 is 2.80 bits per heavy atom. The fraction of sp³-hybridized carbons (Fsp3) is 1.00. The van der Waals surface area contributed by atoms with Crippen LogP contribution in [0, 0.1) is 5.92 Å². The lowest BCUT2D eigenvalue weighted by atomic mass is 10.1. The Bertz CT molecular complexity index is 139. The topological polar surface area (TPSA) is 24.1 Å². The monoisotopic (exact) mass is 212 g/mol. The highest BCUT2D eigenvalue weighted by molar-refractivity contribution is 4.74. The lowest BCUT2D eigenvalue weighted by molar-refractivity contribution is 0.495. The molecule has 1 fully saturated rings. The maximum atomic E-state index is 3.55. The second kappa shape index (κ2) is 8.12. The molecule has 0 aromatic heterocycles. The number of hydrogen-bond acceptors (Lipinski definition) is 2. The van der Waals surface area contributed by atoms with Crippen LogP contribution in [0.1, 0.15) is 52.4 Å². The molecule has 0 radical (unpaired) electrons. The van der Waals surface area contributed by atoms with E-state index in [4.69, 9.17) is 0 Å². The van der Waals surface area contributed by atoms with Gasteiger partial charge in [-0.05, 0) is 51.2 Å². The van der Waals surface area contributed by atoms with Gasteiger partial charge in [-0.1, -0.05) is 26.7 Å². The molecule has 1 atom stereocenters. The van der Waals surface area contributed by atoms with Gasteiger partial charge in [-0.15, -0.1) is 0 Å². The summed E-state index contributed by atoms with van der Waals surface area (Å²) >= 11 is 0. The minimum Gasteiger partial charge on any atom is -0.317 e. The lowest BCUT2D eigenvalue weighted by Crippen LogP contribution is -2.27. The highest BCUT2D eigenvalue weighted by Gasteiger charge is 2.12. The number of rotatable bonds is 8. The first-order chi connectivity index (χ1) is 7.29. The summed E-state index contributed by atoms with van der Waals surface area (Å²) in [4.78, 5) is 0. The van der Waals surface area contributed by atoms with Crippen LogP contribution in [0.15, 0.2) is 0 Å². The molecular weight excluding hydrogens is 184 g/mol. The van der Waals surface area contributed by atoms with Crippen LogP contribution in [0.4, 0.5) is 0 Å². The first-order valence-electron chi connectivity index (χ1n) is 6.73. The molecule has 1 rings (SSSR count). The molecule has 15 heavy (non-hydrogen) atoms. The molecule has 1 saturated heterocycles. The van der Waals surface area contributed by atoms with Gasteiger partial charge in [0.15, 0.2) is 0 Å². The average molecular weight is 212 g/mol. The molecule has 0 saturated carbocycles. The zero-order chi connectivity index (χ0) is 10.9. The molecule has 0 aliphatic carbocycles. The third kappa shape index (κ3) is 6.91. The Kier molecular flexibility index (Phi) is 7.03. The fourth-order valence-corrected chi connectivity index (χ4v) is 2.21. The molecule has 2 heteroatoms. The summed E-state index contributed by atoms with van der Waals surface area (Å²) in [7, 11) is 0. The van der Waals surface area contributed by atoms with E-state index in [1.807, 2.05) is 0 Å². The van der Waals surface area contributed by atoms with Gasteiger partial charge in [0.1, 0.15) is 0 Å². The molecule has 2 N–H and O–H groups in total. The molecule has 90 valence electrons. The zero-order valence-electron chi connectivity index (χ0n) is 10.5. The van der Waals surface area contributed by atoms with E-state index in [1.165, 1.54) is 58.2 Å². The zero-order valence-corrected chi connectivity index (χ0v) is 10.5. The standard InChI is InChI=1S/C13H28N2/c1-12(2)6-3-4-9-14-11-8-13-7-5-10-15-13/h12-15H,3-11H2,1-2H3. The van der Waals surface area contributed by atoms with Crippen LogP contribution in [-0.2, 0) is 0 Å². The van der Waals surface area contributed by atoms with E-state index in [1.54, 1.807) is 0 Å². The normalized spacial score (nSPS) is 21.4. The van der Waals surface area contributed by atoms with E-state index >= 15 is 0 Å². The molecule has 1 heterocycles. The number of unbranched alkanes of at least 4 members (excludes halogenated alkanes) is 1. The Morgan fingerprint density at radius 1 is 1.27 bits per heavy atom. The van der Waals surface area contributed by atoms with Crippen molar-refractivity contribution in [3.8, 4) is 0 Å². The van der Waals surface area contributed by atoms with Gasteiger partial charge >= 0.3 is 0 Å². The Morgan fingerprint density at radius 2 is 2.13 bits per heavy atom. The largest absolute Gasteiger partial charge is 0.317 e. The van der Waals surface area contributed by atoms with Crippen LogP contribution in [0.3, 0.4) is 0 Å². The average Bonchev–Trinajstić information content (AvgIpc) is 2.68. The van der Waals surface area contributed by atoms with Crippen LogP contribution in [0.2, 0.25) is 0 Å². The van der Waals surface area contributed by atoms with E-state index in [0.29, 0.717) is 0 Å². The second-order valence-corrected chi connectivity index (χ2v) is 5.22. The summed E-state index contributed by atoms with van der Waals surface area (Å²) in [6.45, 7) is 8.25. The third-order valence-electron chi connectivity index (χ3n) is 3.22. The molecule has 1 unspecified atom stereocenters. The van der Waals surface area contributed by atoms with Gasteiger partial charge in [-0.2, -0.15) is 0 Å². The Hall–Kier alpha value is -0.0800. The van der Waals surface area contributed by atoms with Crippen LogP contribution in [0.5, 0.6) is 0 Å². The van der Waals surface area contributed by atoms with E-state index in [0.717, 1.165) is 12.0 Å². The molecule has 2 nitrogen and oxygen atoms in total. The summed E-state index contributed by atoms with van der Waals surface area (Å²) < 4.78 is 0. The van der Waals surface area contributed by atoms with Crippen molar-refractivity contribution in [3.05, 3.63) is 0 Å². The maximum Gasteiger partial charge on any atom is 0.00796 e. The first kappa shape index (κ1) is 13.0. The van der Waals surface area contributed by atoms with Gasteiger partial charge in [-0.25, -0.2) is 0 Å². The quantitative estimate of drug-likeness (QED) is 0.604. The lowest BCUT2D eigenvalue weighted by Gasteiger charge is -2.10. The maximum absolute atomic E-state index is 3.55. The number of nitrogens with one attached hydrogen (secondary N) is 2. The van der Waals surface area contributed by atoms with Gasteiger partial charge in [0.2, 0.25) is 0 Å². The highest BCUT2D eigenvalue weighted by Crippen LogP contribution is 2.08. The summed E-state index contributed by atoms with van der Waals surface area (Å²) in [5.74, 6) is 0.868. The van der Waals surface area contributed by atoms with Crippen LogP contribution in [0.25, 0.3) is 0 Å².